The Kier molecular flexibility index (Phi) is 6.00. The van der Waals surface area contributed by atoms with Crippen LogP contribution < -0.4 is 10.5 Å². The van der Waals surface area contributed by atoms with Crippen LogP contribution in [0.4, 0.5) is 13.2 Å². The number of pyridine rings is 1. The predicted octanol–water partition coefficient (Wildman–Crippen LogP) is 4.21. The van der Waals surface area contributed by atoms with Crippen LogP contribution in [0.1, 0.15) is 17.2 Å². The number of hydrogen-bond donors (Lipinski definition) is 1. The molecule has 0 unspecified atom stereocenters. The van der Waals surface area contributed by atoms with Crippen molar-refractivity contribution >= 4 is 28.3 Å². The minimum Gasteiger partial charge on any atom is -0.406 e. The van der Waals surface area contributed by atoms with Crippen LogP contribution in [0.15, 0.2) is 47.2 Å². The van der Waals surface area contributed by atoms with Crippen molar-refractivity contribution in [1.29, 1.82) is 0 Å². The van der Waals surface area contributed by atoms with Gasteiger partial charge in [-0.3, -0.25) is 0 Å². The molecule has 21 heavy (non-hydrogen) atoms. The second-order valence-electron chi connectivity index (χ2n) is 4.01. The molecule has 0 amide bonds. The molecule has 114 valence electrons. The lowest BCUT2D eigenvalue weighted by molar-refractivity contribution is -0.274. The molecule has 0 aliphatic carbocycles. The zero-order chi connectivity index (χ0) is 14.8. The molecule has 1 heterocycles. The number of alkyl halides is 3. The zero-order valence-electron chi connectivity index (χ0n) is 10.5. The summed E-state index contributed by atoms with van der Waals surface area (Å²) in [6, 6.07) is 8.53. The molecule has 0 bridgehead atoms. The van der Waals surface area contributed by atoms with Gasteiger partial charge in [-0.2, -0.15) is 0 Å². The van der Waals surface area contributed by atoms with Gasteiger partial charge in [0.05, 0.1) is 6.04 Å². The van der Waals surface area contributed by atoms with Crippen LogP contribution in [0, 0.1) is 0 Å². The van der Waals surface area contributed by atoms with E-state index in [0.29, 0.717) is 10.2 Å². The van der Waals surface area contributed by atoms with Gasteiger partial charge in [-0.15, -0.1) is 25.6 Å². The second-order valence-corrected chi connectivity index (χ2v) is 4.82. The van der Waals surface area contributed by atoms with Crippen molar-refractivity contribution in [2.75, 3.05) is 0 Å². The third kappa shape index (κ3) is 5.18. The Bertz CT molecular complexity index is 575. The van der Waals surface area contributed by atoms with Crippen LogP contribution >= 0.6 is 28.3 Å². The lowest BCUT2D eigenvalue weighted by atomic mass is 10.0. The molecule has 1 aromatic heterocycles. The van der Waals surface area contributed by atoms with Crippen molar-refractivity contribution in [3.8, 4) is 5.75 Å². The molecule has 8 heteroatoms. The summed E-state index contributed by atoms with van der Waals surface area (Å²) >= 11 is 3.21. The summed E-state index contributed by atoms with van der Waals surface area (Å²) in [4.78, 5) is 4.05. The molecule has 1 atom stereocenters. The number of hydrogen-bond acceptors (Lipinski definition) is 3. The molecule has 0 saturated heterocycles. The first kappa shape index (κ1) is 17.7. The topological polar surface area (TPSA) is 48.1 Å². The van der Waals surface area contributed by atoms with E-state index >= 15 is 0 Å². The fourth-order valence-electron chi connectivity index (χ4n) is 1.64. The molecule has 0 fully saturated rings. The smallest absolute Gasteiger partial charge is 0.406 e. The summed E-state index contributed by atoms with van der Waals surface area (Å²) in [6.45, 7) is 0. The maximum atomic E-state index is 12.0. The molecule has 1 aromatic carbocycles. The van der Waals surface area contributed by atoms with E-state index in [0.717, 1.165) is 5.56 Å². The van der Waals surface area contributed by atoms with E-state index < -0.39 is 12.4 Å². The zero-order valence-corrected chi connectivity index (χ0v) is 12.9. The average molecular weight is 384 g/mol. The largest absolute Gasteiger partial charge is 0.573 e. The van der Waals surface area contributed by atoms with Crippen molar-refractivity contribution in [3.63, 3.8) is 0 Å². The number of nitrogens with two attached hydrogens (primary N) is 1. The van der Waals surface area contributed by atoms with Gasteiger partial charge in [-0.1, -0.05) is 18.2 Å². The minimum atomic E-state index is -4.70. The summed E-state index contributed by atoms with van der Waals surface area (Å²) < 4.78 is 40.6. The van der Waals surface area contributed by atoms with Crippen LogP contribution in [-0.2, 0) is 0 Å². The van der Waals surface area contributed by atoms with Gasteiger partial charge in [0, 0.05) is 6.20 Å². The molecular formula is C13H11BrClF3N2O. The highest BCUT2D eigenvalue weighted by atomic mass is 79.9. The van der Waals surface area contributed by atoms with Gasteiger partial charge in [0.25, 0.3) is 0 Å². The van der Waals surface area contributed by atoms with Gasteiger partial charge in [-0.05, 0) is 45.3 Å². The monoisotopic (exact) mass is 382 g/mol. The maximum Gasteiger partial charge on any atom is 0.573 e. The molecule has 0 aliphatic heterocycles. The SMILES string of the molecule is Cl.N[C@@H](c1ccc(OC(F)(F)F)cc1)c1ccc(Br)nc1. The Morgan fingerprint density at radius 1 is 1.05 bits per heavy atom. The molecule has 0 saturated carbocycles. The summed E-state index contributed by atoms with van der Waals surface area (Å²) in [5.41, 5.74) is 7.46. The molecule has 2 aromatic rings. The molecule has 0 spiro atoms. The number of rotatable bonds is 3. The van der Waals surface area contributed by atoms with E-state index in [9.17, 15) is 13.2 Å². The Hall–Kier alpha value is -1.31. The molecule has 2 N–H and O–H groups in total. The quantitative estimate of drug-likeness (QED) is 0.808. The fraction of sp³-hybridized carbons (Fsp3) is 0.154. The van der Waals surface area contributed by atoms with E-state index in [1.165, 1.54) is 24.3 Å². The third-order valence-corrected chi connectivity index (χ3v) is 3.05. The standard InChI is InChI=1S/C13H10BrF3N2O.ClH/c14-11-6-3-9(7-19-11)12(18)8-1-4-10(5-2-8)20-13(15,16)17;/h1-7,12H,18H2;1H/t12-;/m0./s1. The molecule has 0 radical (unpaired) electrons. The number of halogens is 5. The molecular weight excluding hydrogens is 373 g/mol. The van der Waals surface area contributed by atoms with E-state index in [1.807, 2.05) is 0 Å². The lowest BCUT2D eigenvalue weighted by Crippen LogP contribution is -2.17. The first-order valence-electron chi connectivity index (χ1n) is 5.58. The van der Waals surface area contributed by atoms with E-state index in [4.69, 9.17) is 5.73 Å². The van der Waals surface area contributed by atoms with Crippen molar-refractivity contribution < 1.29 is 17.9 Å². The predicted molar refractivity (Wildman–Crippen MR) is 78.3 cm³/mol. The highest BCUT2D eigenvalue weighted by Gasteiger charge is 2.31. The van der Waals surface area contributed by atoms with E-state index in [-0.39, 0.29) is 18.2 Å². The Balaban J connectivity index is 0.00000220. The normalized spacial score (nSPS) is 12.4. The van der Waals surface area contributed by atoms with Crippen molar-refractivity contribution in [2.45, 2.75) is 12.4 Å². The lowest BCUT2D eigenvalue weighted by Gasteiger charge is -2.13. The van der Waals surface area contributed by atoms with Gasteiger partial charge in [0.1, 0.15) is 10.4 Å². The Labute approximate surface area is 133 Å². The number of ether oxygens (including phenoxy) is 1. The van der Waals surface area contributed by atoms with Gasteiger partial charge >= 0.3 is 6.36 Å². The summed E-state index contributed by atoms with van der Waals surface area (Å²) in [6.07, 6.45) is -3.09. The number of aromatic nitrogens is 1. The van der Waals surface area contributed by atoms with E-state index in [2.05, 4.69) is 25.7 Å². The third-order valence-electron chi connectivity index (χ3n) is 2.58. The van der Waals surface area contributed by atoms with Crippen LogP contribution in [0.2, 0.25) is 0 Å². The van der Waals surface area contributed by atoms with Gasteiger partial charge in [0.2, 0.25) is 0 Å². The summed E-state index contributed by atoms with van der Waals surface area (Å²) in [5.74, 6) is -0.276. The van der Waals surface area contributed by atoms with Gasteiger partial charge < -0.3 is 10.5 Å². The first-order valence-corrected chi connectivity index (χ1v) is 6.37. The second kappa shape index (κ2) is 7.11. The summed E-state index contributed by atoms with van der Waals surface area (Å²) in [5, 5.41) is 0. The highest BCUT2D eigenvalue weighted by molar-refractivity contribution is 9.10. The summed E-state index contributed by atoms with van der Waals surface area (Å²) in [7, 11) is 0. The number of benzene rings is 1. The highest BCUT2D eigenvalue weighted by Crippen LogP contribution is 2.26. The van der Waals surface area contributed by atoms with Crippen molar-refractivity contribution in [1.82, 2.24) is 4.98 Å². The molecule has 3 nitrogen and oxygen atoms in total. The van der Waals surface area contributed by atoms with Crippen molar-refractivity contribution in [3.05, 3.63) is 58.3 Å². The fourth-order valence-corrected chi connectivity index (χ4v) is 1.88. The maximum absolute atomic E-state index is 12.0. The van der Waals surface area contributed by atoms with Gasteiger partial charge in [0.15, 0.2) is 0 Å². The first-order chi connectivity index (χ1) is 9.35. The number of nitrogens with zero attached hydrogens (tertiary/aromatic N) is 1. The van der Waals surface area contributed by atoms with E-state index in [1.54, 1.807) is 18.3 Å². The van der Waals surface area contributed by atoms with Gasteiger partial charge in [-0.25, -0.2) is 4.98 Å². The van der Waals surface area contributed by atoms with Crippen LogP contribution in [-0.4, -0.2) is 11.3 Å². The average Bonchev–Trinajstić information content (AvgIpc) is 2.38. The van der Waals surface area contributed by atoms with Crippen LogP contribution in [0.25, 0.3) is 0 Å². The minimum absolute atomic E-state index is 0. The Morgan fingerprint density at radius 2 is 1.62 bits per heavy atom. The molecule has 0 aliphatic rings. The molecule has 2 rings (SSSR count). The van der Waals surface area contributed by atoms with Crippen LogP contribution in [0.5, 0.6) is 5.75 Å². The van der Waals surface area contributed by atoms with Crippen LogP contribution in [0.3, 0.4) is 0 Å². The Morgan fingerprint density at radius 3 is 2.10 bits per heavy atom. The van der Waals surface area contributed by atoms with Crippen molar-refractivity contribution in [2.24, 2.45) is 5.73 Å².